The van der Waals surface area contributed by atoms with Crippen LogP contribution in [0.2, 0.25) is 0 Å². The van der Waals surface area contributed by atoms with Crippen LogP contribution in [0.1, 0.15) is 6.92 Å². The van der Waals surface area contributed by atoms with Crippen molar-refractivity contribution in [3.63, 3.8) is 0 Å². The molecule has 0 aromatic carbocycles. The topological polar surface area (TPSA) is 38.3 Å². The second kappa shape index (κ2) is 3.63. The van der Waals surface area contributed by atoms with Gasteiger partial charge >= 0.3 is 5.97 Å². The second-order valence-corrected chi connectivity index (χ2v) is 2.94. The van der Waals surface area contributed by atoms with Gasteiger partial charge in [-0.15, -0.1) is 0 Å². The fourth-order valence-corrected chi connectivity index (χ4v) is 1.14. The van der Waals surface area contributed by atoms with Crippen molar-refractivity contribution >= 4 is 17.6 Å². The molecule has 0 aliphatic carbocycles. The molecule has 0 saturated carbocycles. The first-order valence-electron chi connectivity index (χ1n) is 3.52. The van der Waals surface area contributed by atoms with Crippen LogP contribution in [0.3, 0.4) is 0 Å². The smallest absolute Gasteiger partial charge is 0.337 e. The van der Waals surface area contributed by atoms with Crippen LogP contribution >= 0.6 is 11.6 Å². The summed E-state index contributed by atoms with van der Waals surface area (Å²) in [5.74, 6) is -0.351. The molecule has 1 heterocycles. The molecule has 0 radical (unpaired) electrons. The number of methoxy groups -OCH3 is 1. The lowest BCUT2D eigenvalue weighted by molar-refractivity contribution is -0.135. The minimum atomic E-state index is -0.351. The Hall–Kier alpha value is -0.960. The summed E-state index contributed by atoms with van der Waals surface area (Å²) in [4.78, 5) is 11.1. The zero-order valence-electron chi connectivity index (χ0n) is 6.93. The molecule has 1 aliphatic rings. The van der Waals surface area contributed by atoms with Crippen molar-refractivity contribution < 1.29 is 9.53 Å². The second-order valence-electron chi connectivity index (χ2n) is 2.47. The molecule has 1 unspecified atom stereocenters. The third-order valence-corrected chi connectivity index (χ3v) is 1.85. The van der Waals surface area contributed by atoms with Crippen LogP contribution in [-0.2, 0) is 9.53 Å². The molecule has 1 aliphatic heterocycles. The average molecular weight is 188 g/mol. The van der Waals surface area contributed by atoms with Gasteiger partial charge < -0.3 is 10.1 Å². The van der Waals surface area contributed by atoms with E-state index in [1.165, 1.54) is 7.11 Å². The standard InChI is InChI=1S/C8H10ClNO2/c1-5-4-10-7(9)3-6(5)8(11)12-2/h3-4,7,10H,1-2H3. The van der Waals surface area contributed by atoms with Crippen molar-refractivity contribution in [1.82, 2.24) is 5.32 Å². The Morgan fingerprint density at radius 3 is 3.00 bits per heavy atom. The molecule has 0 saturated heterocycles. The number of carbonyl (C=O) groups excluding carboxylic acids is 1. The van der Waals surface area contributed by atoms with Gasteiger partial charge in [-0.3, -0.25) is 0 Å². The van der Waals surface area contributed by atoms with Crippen molar-refractivity contribution in [2.24, 2.45) is 0 Å². The molecule has 0 spiro atoms. The van der Waals surface area contributed by atoms with E-state index in [0.29, 0.717) is 5.57 Å². The number of halogens is 1. The van der Waals surface area contributed by atoms with Crippen LogP contribution in [0.5, 0.6) is 0 Å². The highest BCUT2D eigenvalue weighted by molar-refractivity contribution is 6.22. The van der Waals surface area contributed by atoms with Gasteiger partial charge in [-0.05, 0) is 18.6 Å². The summed E-state index contributed by atoms with van der Waals surface area (Å²) >= 11 is 5.74. The molecular formula is C8H10ClNO2. The predicted octanol–water partition coefficient (Wildman–Crippen LogP) is 1.16. The Morgan fingerprint density at radius 2 is 2.42 bits per heavy atom. The first-order chi connectivity index (χ1) is 5.65. The van der Waals surface area contributed by atoms with E-state index in [0.717, 1.165) is 5.57 Å². The van der Waals surface area contributed by atoms with Crippen LogP contribution in [0.4, 0.5) is 0 Å². The Labute approximate surface area is 76.0 Å². The Balaban J connectivity index is 2.86. The van der Waals surface area contributed by atoms with Gasteiger partial charge in [0.25, 0.3) is 0 Å². The number of alkyl halides is 1. The maximum atomic E-state index is 11.1. The highest BCUT2D eigenvalue weighted by Crippen LogP contribution is 2.16. The number of nitrogens with one attached hydrogen (secondary N) is 1. The van der Waals surface area contributed by atoms with E-state index in [2.05, 4.69) is 10.1 Å². The molecule has 1 rings (SSSR count). The Morgan fingerprint density at radius 1 is 1.75 bits per heavy atom. The molecule has 4 heteroatoms. The van der Waals surface area contributed by atoms with Crippen LogP contribution in [0.25, 0.3) is 0 Å². The van der Waals surface area contributed by atoms with Gasteiger partial charge in [-0.25, -0.2) is 4.79 Å². The highest BCUT2D eigenvalue weighted by atomic mass is 35.5. The van der Waals surface area contributed by atoms with Crippen molar-refractivity contribution in [2.75, 3.05) is 7.11 Å². The quantitative estimate of drug-likeness (QED) is 0.380. The van der Waals surface area contributed by atoms with E-state index in [4.69, 9.17) is 11.6 Å². The Kier molecular flexibility index (Phi) is 2.76. The van der Waals surface area contributed by atoms with E-state index in [9.17, 15) is 4.79 Å². The van der Waals surface area contributed by atoms with Gasteiger partial charge in [0.15, 0.2) is 0 Å². The summed E-state index contributed by atoms with van der Waals surface area (Å²) in [7, 11) is 1.35. The summed E-state index contributed by atoms with van der Waals surface area (Å²) in [5, 5.41) is 2.86. The lowest BCUT2D eigenvalue weighted by Gasteiger charge is -2.15. The van der Waals surface area contributed by atoms with Gasteiger partial charge in [-0.1, -0.05) is 11.6 Å². The fraction of sp³-hybridized carbons (Fsp3) is 0.375. The molecule has 0 fully saturated rings. The van der Waals surface area contributed by atoms with Crippen molar-refractivity contribution in [3.05, 3.63) is 23.4 Å². The first kappa shape index (κ1) is 9.13. The molecule has 12 heavy (non-hydrogen) atoms. The van der Waals surface area contributed by atoms with E-state index >= 15 is 0 Å². The van der Waals surface area contributed by atoms with E-state index in [1.807, 2.05) is 6.92 Å². The van der Waals surface area contributed by atoms with Crippen molar-refractivity contribution in [1.29, 1.82) is 0 Å². The third-order valence-electron chi connectivity index (χ3n) is 1.60. The molecule has 1 N–H and O–H groups in total. The lowest BCUT2D eigenvalue weighted by atomic mass is 10.1. The maximum Gasteiger partial charge on any atom is 0.337 e. The van der Waals surface area contributed by atoms with Crippen LogP contribution < -0.4 is 5.32 Å². The zero-order chi connectivity index (χ0) is 9.14. The van der Waals surface area contributed by atoms with Crippen LogP contribution in [0, 0.1) is 0 Å². The number of ether oxygens (including phenoxy) is 1. The number of hydrogen-bond acceptors (Lipinski definition) is 3. The molecule has 0 amide bonds. The molecule has 0 aromatic rings. The molecular weight excluding hydrogens is 178 g/mol. The molecule has 0 bridgehead atoms. The third kappa shape index (κ3) is 1.80. The summed E-state index contributed by atoms with van der Waals surface area (Å²) in [6, 6.07) is 0. The van der Waals surface area contributed by atoms with Gasteiger partial charge in [-0.2, -0.15) is 0 Å². The fourth-order valence-electron chi connectivity index (χ4n) is 0.947. The molecule has 1 atom stereocenters. The van der Waals surface area contributed by atoms with E-state index in [-0.39, 0.29) is 11.5 Å². The zero-order valence-corrected chi connectivity index (χ0v) is 7.68. The van der Waals surface area contributed by atoms with Crippen LogP contribution in [-0.4, -0.2) is 18.6 Å². The van der Waals surface area contributed by atoms with Gasteiger partial charge in [0.05, 0.1) is 12.7 Å². The summed E-state index contributed by atoms with van der Waals surface area (Å²) < 4.78 is 4.57. The van der Waals surface area contributed by atoms with E-state index < -0.39 is 0 Å². The molecule has 3 nitrogen and oxygen atoms in total. The van der Waals surface area contributed by atoms with Gasteiger partial charge in [0.1, 0.15) is 5.50 Å². The molecule has 0 aromatic heterocycles. The number of esters is 1. The van der Waals surface area contributed by atoms with Gasteiger partial charge in [0, 0.05) is 6.20 Å². The van der Waals surface area contributed by atoms with Gasteiger partial charge in [0.2, 0.25) is 0 Å². The largest absolute Gasteiger partial charge is 0.465 e. The highest BCUT2D eigenvalue weighted by Gasteiger charge is 2.16. The molecule has 66 valence electrons. The average Bonchev–Trinajstić information content (AvgIpc) is 2.08. The van der Waals surface area contributed by atoms with Crippen molar-refractivity contribution in [3.8, 4) is 0 Å². The first-order valence-corrected chi connectivity index (χ1v) is 3.96. The minimum Gasteiger partial charge on any atom is -0.465 e. The summed E-state index contributed by atoms with van der Waals surface area (Å²) in [5.41, 5.74) is 1.03. The number of dihydropyridines is 1. The number of rotatable bonds is 1. The summed E-state index contributed by atoms with van der Waals surface area (Å²) in [6.45, 7) is 1.82. The van der Waals surface area contributed by atoms with Crippen molar-refractivity contribution in [2.45, 2.75) is 12.4 Å². The number of carbonyl (C=O) groups is 1. The lowest BCUT2D eigenvalue weighted by Crippen LogP contribution is -2.23. The minimum absolute atomic E-state index is 0.331. The van der Waals surface area contributed by atoms with Crippen LogP contribution in [0.15, 0.2) is 23.4 Å². The SMILES string of the molecule is COC(=O)C1=CC(Cl)NC=C1C. The summed E-state index contributed by atoms with van der Waals surface area (Å²) in [6.07, 6.45) is 3.33. The Bertz CT molecular complexity index is 258. The monoisotopic (exact) mass is 187 g/mol. The normalized spacial score (nSPS) is 22.1. The van der Waals surface area contributed by atoms with E-state index in [1.54, 1.807) is 12.3 Å². The predicted molar refractivity (Wildman–Crippen MR) is 46.6 cm³/mol. The maximum absolute atomic E-state index is 11.1. The number of hydrogen-bond donors (Lipinski definition) is 1.